The van der Waals surface area contributed by atoms with Crippen molar-refractivity contribution in [1.29, 1.82) is 0 Å². The Morgan fingerprint density at radius 3 is 2.79 bits per heavy atom. The zero-order valence-electron chi connectivity index (χ0n) is 13.0. The Bertz CT molecular complexity index is 779. The van der Waals surface area contributed by atoms with Crippen LogP contribution in [0, 0.1) is 5.82 Å². The van der Waals surface area contributed by atoms with Crippen molar-refractivity contribution in [3.8, 4) is 0 Å². The molecule has 2 heterocycles. The summed E-state index contributed by atoms with van der Waals surface area (Å²) in [5, 5.41) is 0. The highest BCUT2D eigenvalue weighted by Crippen LogP contribution is 2.36. The Morgan fingerprint density at radius 1 is 1.42 bits per heavy atom. The van der Waals surface area contributed by atoms with Crippen molar-refractivity contribution >= 4 is 10.1 Å². The number of benzene rings is 1. The molecule has 0 spiro atoms. The van der Waals surface area contributed by atoms with E-state index in [0.717, 1.165) is 6.26 Å². The minimum absolute atomic E-state index is 0.147. The molecule has 2 atom stereocenters. The van der Waals surface area contributed by atoms with Gasteiger partial charge >= 0.3 is 0 Å². The average Bonchev–Trinajstić information content (AvgIpc) is 3.16. The number of halogens is 1. The molecule has 9 heteroatoms. The monoisotopic (exact) mass is 356 g/mol. The van der Waals surface area contributed by atoms with Gasteiger partial charge in [-0.2, -0.15) is 8.42 Å². The minimum Gasteiger partial charge on any atom is -0.342 e. The van der Waals surface area contributed by atoms with Gasteiger partial charge in [0.2, 0.25) is 5.79 Å². The van der Waals surface area contributed by atoms with E-state index in [1.165, 1.54) is 12.1 Å². The quantitative estimate of drug-likeness (QED) is 0.725. The molecule has 1 aromatic carbocycles. The Hall–Kier alpha value is -1.81. The third kappa shape index (κ3) is 3.99. The van der Waals surface area contributed by atoms with E-state index < -0.39 is 22.0 Å². The van der Waals surface area contributed by atoms with Crippen LogP contribution in [0.2, 0.25) is 0 Å². The van der Waals surface area contributed by atoms with Crippen molar-refractivity contribution < 1.29 is 26.5 Å². The molecule has 0 bridgehead atoms. The molecule has 1 fully saturated rings. The molecule has 1 aliphatic rings. The minimum atomic E-state index is -3.57. The summed E-state index contributed by atoms with van der Waals surface area (Å²) in [7, 11) is -3.57. The smallest absolute Gasteiger partial charge is 0.264 e. The fourth-order valence-electron chi connectivity index (χ4n) is 2.50. The number of hydrogen-bond acceptors (Lipinski definition) is 6. The van der Waals surface area contributed by atoms with Crippen LogP contribution in [0.4, 0.5) is 4.39 Å². The molecule has 3 rings (SSSR count). The second-order valence-corrected chi connectivity index (χ2v) is 7.18. The van der Waals surface area contributed by atoms with E-state index in [-0.39, 0.29) is 25.6 Å². The number of nitrogens with zero attached hydrogens (tertiary/aromatic N) is 2. The number of imidazole rings is 1. The molecule has 24 heavy (non-hydrogen) atoms. The van der Waals surface area contributed by atoms with Gasteiger partial charge in [-0.05, 0) is 12.1 Å². The maximum atomic E-state index is 13.2. The molecule has 2 aromatic rings. The largest absolute Gasteiger partial charge is 0.342 e. The lowest BCUT2D eigenvalue weighted by atomic mass is 10.1. The lowest BCUT2D eigenvalue weighted by Crippen LogP contribution is -2.34. The topological polar surface area (TPSA) is 79.7 Å². The molecule has 2 unspecified atom stereocenters. The molecule has 0 radical (unpaired) electrons. The fourth-order valence-corrected chi connectivity index (χ4v) is 2.90. The molecule has 1 aromatic heterocycles. The van der Waals surface area contributed by atoms with Crippen LogP contribution in [0.15, 0.2) is 43.0 Å². The highest BCUT2D eigenvalue weighted by atomic mass is 32.2. The number of rotatable bonds is 6. The zero-order chi connectivity index (χ0) is 17.2. The van der Waals surface area contributed by atoms with E-state index in [4.69, 9.17) is 13.7 Å². The number of hydrogen-bond donors (Lipinski definition) is 0. The molecule has 0 amide bonds. The third-order valence-electron chi connectivity index (χ3n) is 3.56. The first kappa shape index (κ1) is 17.0. The van der Waals surface area contributed by atoms with E-state index in [9.17, 15) is 12.8 Å². The molecule has 1 aliphatic heterocycles. The van der Waals surface area contributed by atoms with Gasteiger partial charge in [0.05, 0.1) is 32.3 Å². The van der Waals surface area contributed by atoms with Crippen LogP contribution in [0.1, 0.15) is 5.56 Å². The van der Waals surface area contributed by atoms with Crippen LogP contribution >= 0.6 is 0 Å². The van der Waals surface area contributed by atoms with Gasteiger partial charge in [0.15, 0.2) is 0 Å². The predicted molar refractivity (Wildman–Crippen MR) is 81.9 cm³/mol. The van der Waals surface area contributed by atoms with Gasteiger partial charge in [-0.3, -0.25) is 4.18 Å². The second-order valence-electron chi connectivity index (χ2n) is 5.53. The van der Waals surface area contributed by atoms with E-state index in [1.807, 2.05) is 0 Å². The SMILES string of the molecule is CS(=O)(=O)OCC1COC(Cn2ccnc2)(c2ccc(F)cc2)O1. The first-order valence-corrected chi connectivity index (χ1v) is 9.06. The van der Waals surface area contributed by atoms with E-state index in [2.05, 4.69) is 4.98 Å². The van der Waals surface area contributed by atoms with Crippen molar-refractivity contribution in [3.05, 3.63) is 54.4 Å². The highest BCUT2D eigenvalue weighted by Gasteiger charge is 2.44. The normalized spacial score (nSPS) is 24.3. The second kappa shape index (κ2) is 6.60. The highest BCUT2D eigenvalue weighted by molar-refractivity contribution is 7.85. The number of ether oxygens (including phenoxy) is 2. The fraction of sp³-hybridized carbons (Fsp3) is 0.400. The van der Waals surface area contributed by atoms with Crippen molar-refractivity contribution in [2.24, 2.45) is 0 Å². The molecule has 7 nitrogen and oxygen atoms in total. The summed E-state index contributed by atoms with van der Waals surface area (Å²) in [6, 6.07) is 5.79. The summed E-state index contributed by atoms with van der Waals surface area (Å²) in [5.74, 6) is -1.54. The Balaban J connectivity index is 1.82. The Kier molecular flexibility index (Phi) is 4.68. The van der Waals surface area contributed by atoms with Crippen molar-refractivity contribution in [3.63, 3.8) is 0 Å². The van der Waals surface area contributed by atoms with Crippen LogP contribution < -0.4 is 0 Å². The average molecular weight is 356 g/mol. The van der Waals surface area contributed by atoms with Crippen LogP contribution in [0.3, 0.4) is 0 Å². The summed E-state index contributed by atoms with van der Waals surface area (Å²) in [4.78, 5) is 3.98. The van der Waals surface area contributed by atoms with Gasteiger partial charge in [0, 0.05) is 18.0 Å². The summed E-state index contributed by atoms with van der Waals surface area (Å²) in [6.45, 7) is 0.293. The third-order valence-corrected chi connectivity index (χ3v) is 4.13. The van der Waals surface area contributed by atoms with Crippen LogP contribution in [-0.2, 0) is 36.1 Å². The lowest BCUT2D eigenvalue weighted by Gasteiger charge is -2.29. The summed E-state index contributed by atoms with van der Waals surface area (Å²) in [5.41, 5.74) is 0.624. The molecule has 130 valence electrons. The molecular formula is C15H17FN2O5S. The van der Waals surface area contributed by atoms with Gasteiger partial charge in [0.1, 0.15) is 11.9 Å². The van der Waals surface area contributed by atoms with Crippen LogP contribution in [-0.4, -0.2) is 43.5 Å². The van der Waals surface area contributed by atoms with Crippen molar-refractivity contribution in [2.45, 2.75) is 18.4 Å². The molecule has 0 aliphatic carbocycles. The maximum absolute atomic E-state index is 13.2. The van der Waals surface area contributed by atoms with Crippen LogP contribution in [0.25, 0.3) is 0 Å². The van der Waals surface area contributed by atoms with Crippen molar-refractivity contribution in [2.75, 3.05) is 19.5 Å². The first-order valence-electron chi connectivity index (χ1n) is 7.24. The van der Waals surface area contributed by atoms with E-state index in [0.29, 0.717) is 5.56 Å². The number of aromatic nitrogens is 2. The molecule has 0 saturated carbocycles. The van der Waals surface area contributed by atoms with Crippen molar-refractivity contribution in [1.82, 2.24) is 9.55 Å². The van der Waals surface area contributed by atoms with Gasteiger partial charge in [0.25, 0.3) is 10.1 Å². The summed E-state index contributed by atoms with van der Waals surface area (Å²) >= 11 is 0. The maximum Gasteiger partial charge on any atom is 0.264 e. The molecule has 0 N–H and O–H groups in total. The van der Waals surface area contributed by atoms with Gasteiger partial charge < -0.3 is 14.0 Å². The van der Waals surface area contributed by atoms with Crippen LogP contribution in [0.5, 0.6) is 0 Å². The molecule has 1 saturated heterocycles. The summed E-state index contributed by atoms with van der Waals surface area (Å²) < 4.78 is 53.9. The zero-order valence-corrected chi connectivity index (χ0v) is 13.8. The lowest BCUT2D eigenvalue weighted by molar-refractivity contribution is -0.189. The molecular weight excluding hydrogens is 339 g/mol. The van der Waals surface area contributed by atoms with E-state index >= 15 is 0 Å². The summed E-state index contributed by atoms with van der Waals surface area (Å²) in [6.07, 6.45) is 5.39. The van der Waals surface area contributed by atoms with E-state index in [1.54, 1.807) is 35.4 Å². The predicted octanol–water partition coefficient (Wildman–Crippen LogP) is 1.27. The van der Waals surface area contributed by atoms with Gasteiger partial charge in [-0.1, -0.05) is 12.1 Å². The Morgan fingerprint density at radius 2 is 2.17 bits per heavy atom. The standard InChI is InChI=1S/C15H17FN2O5S/c1-24(19,20)22-9-14-8-21-15(23-14,10-18-7-6-17-11-18)12-2-4-13(16)5-3-12/h2-7,11,14H,8-10H2,1H3. The first-order chi connectivity index (χ1) is 11.4. The van der Waals surface area contributed by atoms with Gasteiger partial charge in [-0.15, -0.1) is 0 Å². The van der Waals surface area contributed by atoms with Gasteiger partial charge in [-0.25, -0.2) is 9.37 Å². The Labute approximate surface area is 139 Å².